The van der Waals surface area contributed by atoms with Crippen molar-refractivity contribution in [3.05, 3.63) is 105 Å². The predicted octanol–water partition coefficient (Wildman–Crippen LogP) is 3.37. The molecule has 0 saturated heterocycles. The monoisotopic (exact) mass is 481 g/mol. The third-order valence-electron chi connectivity index (χ3n) is 6.92. The fourth-order valence-corrected chi connectivity index (χ4v) is 5.23. The summed E-state index contributed by atoms with van der Waals surface area (Å²) in [6.07, 6.45) is 9.99. The lowest BCUT2D eigenvalue weighted by Gasteiger charge is -2.16. The molecule has 0 amide bonds. The molecule has 1 aliphatic heterocycles. The van der Waals surface area contributed by atoms with Gasteiger partial charge in [0.2, 0.25) is 11.1 Å². The molecule has 1 atom stereocenters. The topological polar surface area (TPSA) is 53.8 Å². The summed E-state index contributed by atoms with van der Waals surface area (Å²) in [5.41, 5.74) is 9.32. The van der Waals surface area contributed by atoms with Crippen LogP contribution in [0.4, 0.5) is 0 Å². The van der Waals surface area contributed by atoms with Gasteiger partial charge < -0.3 is 15.6 Å². The van der Waals surface area contributed by atoms with Crippen molar-refractivity contribution in [2.45, 2.75) is 46.0 Å². The van der Waals surface area contributed by atoms with Crippen molar-refractivity contribution in [3.63, 3.8) is 0 Å². The van der Waals surface area contributed by atoms with Gasteiger partial charge in [-0.2, -0.15) is 0 Å². The van der Waals surface area contributed by atoms with Crippen LogP contribution in [0.2, 0.25) is 0 Å². The zero-order valence-corrected chi connectivity index (χ0v) is 22.5. The standard InChI is InChI=1S/C32H40N4/c1-22(2)20-24(32-28(17-19-34-5)26-11-7-9-13-30(26)36-32)21-23(3)14-15-31-27(16-18-33-4)25-10-6-8-12-29(25)35-31/h6-15,20,24,33-34,36H,16-19,21H2,1-5H3/p+1/b23-14-,31-15+/t24-/m0/s1. The SMILES string of the molecule is CNCCC1=c2ccccc2=[NH+]/C1=C/C=C(/C)C[C@H](C=C(C)C)c1[nH]c2ccccc2c1CCNC. The van der Waals surface area contributed by atoms with Crippen molar-refractivity contribution in [2.24, 2.45) is 0 Å². The summed E-state index contributed by atoms with van der Waals surface area (Å²) in [4.78, 5) is 7.43. The summed E-state index contributed by atoms with van der Waals surface area (Å²) < 4.78 is 0. The third kappa shape index (κ3) is 5.95. The van der Waals surface area contributed by atoms with Gasteiger partial charge in [0.1, 0.15) is 0 Å². The van der Waals surface area contributed by atoms with Crippen LogP contribution < -0.4 is 26.2 Å². The molecule has 2 heterocycles. The summed E-state index contributed by atoms with van der Waals surface area (Å²) in [5.74, 6) is 0.311. The Morgan fingerprint density at radius 2 is 1.67 bits per heavy atom. The fourth-order valence-electron chi connectivity index (χ4n) is 5.23. The molecule has 0 radical (unpaired) electrons. The number of aromatic nitrogens is 1. The molecule has 2 aromatic carbocycles. The molecule has 0 aliphatic carbocycles. The van der Waals surface area contributed by atoms with E-state index in [2.05, 4.69) is 108 Å². The molecule has 1 aromatic heterocycles. The average molecular weight is 482 g/mol. The maximum Gasteiger partial charge on any atom is 0.211 e. The number of aromatic amines is 1. The minimum atomic E-state index is 0.311. The van der Waals surface area contributed by atoms with Crippen LogP contribution in [0.3, 0.4) is 0 Å². The van der Waals surface area contributed by atoms with Gasteiger partial charge in [-0.05, 0) is 84.9 Å². The Bertz CT molecular complexity index is 1410. The highest BCUT2D eigenvalue weighted by Crippen LogP contribution is 2.33. The van der Waals surface area contributed by atoms with Crippen LogP contribution in [0.1, 0.15) is 50.8 Å². The Morgan fingerprint density at radius 3 is 2.44 bits per heavy atom. The van der Waals surface area contributed by atoms with Gasteiger partial charge in [0, 0.05) is 40.2 Å². The van der Waals surface area contributed by atoms with Gasteiger partial charge in [-0.1, -0.05) is 53.6 Å². The van der Waals surface area contributed by atoms with Gasteiger partial charge >= 0.3 is 0 Å². The third-order valence-corrected chi connectivity index (χ3v) is 6.92. The second-order valence-electron chi connectivity index (χ2n) is 10.1. The quantitative estimate of drug-likeness (QED) is 0.318. The van der Waals surface area contributed by atoms with Crippen molar-refractivity contribution < 1.29 is 4.99 Å². The Kier molecular flexibility index (Phi) is 8.74. The normalized spacial score (nSPS) is 15.3. The highest BCUT2D eigenvalue weighted by Gasteiger charge is 2.20. The van der Waals surface area contributed by atoms with Gasteiger partial charge in [0.25, 0.3) is 0 Å². The smallest absolute Gasteiger partial charge is 0.211 e. The zero-order chi connectivity index (χ0) is 25.5. The molecular weight excluding hydrogens is 440 g/mol. The van der Waals surface area contributed by atoms with Gasteiger partial charge in [-0.3, -0.25) is 0 Å². The highest BCUT2D eigenvalue weighted by molar-refractivity contribution is 5.85. The molecule has 36 heavy (non-hydrogen) atoms. The first-order valence-corrected chi connectivity index (χ1v) is 13.2. The molecule has 4 rings (SSSR count). The average Bonchev–Trinajstić information content (AvgIpc) is 3.42. The number of hydrogen-bond donors (Lipinski definition) is 4. The fraction of sp³-hybridized carbons (Fsp3) is 0.344. The van der Waals surface area contributed by atoms with E-state index in [1.165, 1.54) is 55.2 Å². The first kappa shape index (κ1) is 25.9. The summed E-state index contributed by atoms with van der Waals surface area (Å²) in [6.45, 7) is 8.59. The summed E-state index contributed by atoms with van der Waals surface area (Å²) >= 11 is 0. The van der Waals surface area contributed by atoms with Crippen LogP contribution >= 0.6 is 0 Å². The van der Waals surface area contributed by atoms with E-state index in [4.69, 9.17) is 0 Å². The number of rotatable bonds is 11. The summed E-state index contributed by atoms with van der Waals surface area (Å²) in [7, 11) is 4.04. The molecule has 0 unspecified atom stereocenters. The van der Waals surface area contributed by atoms with Crippen LogP contribution in [-0.2, 0) is 6.42 Å². The van der Waals surface area contributed by atoms with E-state index in [-0.39, 0.29) is 0 Å². The molecular formula is C32H41N4+. The molecule has 4 nitrogen and oxygen atoms in total. The van der Waals surface area contributed by atoms with Gasteiger partial charge in [0.05, 0.1) is 5.22 Å². The van der Waals surface area contributed by atoms with Crippen molar-refractivity contribution in [3.8, 4) is 0 Å². The van der Waals surface area contributed by atoms with Gasteiger partial charge in [0.15, 0.2) is 0 Å². The van der Waals surface area contributed by atoms with E-state index >= 15 is 0 Å². The Balaban J connectivity index is 1.67. The highest BCUT2D eigenvalue weighted by atomic mass is 14.8. The van der Waals surface area contributed by atoms with Crippen LogP contribution in [0.5, 0.6) is 0 Å². The van der Waals surface area contributed by atoms with Crippen molar-refractivity contribution in [2.75, 3.05) is 27.2 Å². The lowest BCUT2D eigenvalue weighted by atomic mass is 9.90. The molecule has 0 bridgehead atoms. The van der Waals surface area contributed by atoms with Crippen LogP contribution in [0.15, 0.2) is 83.6 Å². The van der Waals surface area contributed by atoms with E-state index in [1.54, 1.807) is 0 Å². The van der Waals surface area contributed by atoms with E-state index in [9.17, 15) is 0 Å². The van der Waals surface area contributed by atoms with Crippen LogP contribution in [0.25, 0.3) is 16.5 Å². The predicted molar refractivity (Wildman–Crippen MR) is 152 cm³/mol. The lowest BCUT2D eigenvalue weighted by molar-refractivity contribution is -0.432. The van der Waals surface area contributed by atoms with E-state index in [1.807, 2.05) is 14.1 Å². The van der Waals surface area contributed by atoms with Crippen LogP contribution in [0, 0.1) is 0 Å². The van der Waals surface area contributed by atoms with Crippen molar-refractivity contribution in [1.82, 2.24) is 15.6 Å². The number of benzene rings is 2. The number of likely N-dealkylation sites (N-methyl/N-ethyl adjacent to an activating group) is 1. The van der Waals surface area contributed by atoms with Gasteiger partial charge in [-0.15, -0.1) is 0 Å². The van der Waals surface area contributed by atoms with Gasteiger partial charge in [-0.25, -0.2) is 4.99 Å². The molecule has 3 aromatic rings. The molecule has 4 N–H and O–H groups in total. The molecule has 4 heteroatoms. The number of nitrogens with one attached hydrogen (secondary N) is 4. The summed E-state index contributed by atoms with van der Waals surface area (Å²) in [5, 5.41) is 10.5. The molecule has 188 valence electrons. The Labute approximate surface area is 215 Å². The maximum absolute atomic E-state index is 3.78. The minimum absolute atomic E-state index is 0.311. The van der Waals surface area contributed by atoms with Crippen molar-refractivity contribution >= 4 is 16.5 Å². The Hall–Kier alpha value is -3.21. The lowest BCUT2D eigenvalue weighted by Crippen LogP contribution is -2.74. The molecule has 0 spiro atoms. The van der Waals surface area contributed by atoms with Crippen molar-refractivity contribution in [1.29, 1.82) is 0 Å². The number of fused-ring (bicyclic) bond motifs is 2. The Morgan fingerprint density at radius 1 is 0.944 bits per heavy atom. The molecule has 0 fully saturated rings. The van der Waals surface area contributed by atoms with E-state index in [0.717, 1.165) is 32.4 Å². The van der Waals surface area contributed by atoms with E-state index < -0.39 is 0 Å². The van der Waals surface area contributed by atoms with E-state index in [0.29, 0.717) is 5.92 Å². The second-order valence-corrected chi connectivity index (χ2v) is 10.1. The number of hydrogen-bond acceptors (Lipinski definition) is 2. The largest absolute Gasteiger partial charge is 0.358 e. The maximum atomic E-state index is 3.78. The first-order valence-electron chi connectivity index (χ1n) is 13.2. The number of H-pyrrole nitrogens is 1. The summed E-state index contributed by atoms with van der Waals surface area (Å²) in [6, 6.07) is 17.3. The minimum Gasteiger partial charge on any atom is -0.358 e. The zero-order valence-electron chi connectivity index (χ0n) is 22.5. The molecule has 0 saturated carbocycles. The molecule has 1 aliphatic rings. The number of allylic oxidation sites excluding steroid dienone is 6. The number of para-hydroxylation sites is 2. The first-order chi connectivity index (χ1) is 17.5. The van der Waals surface area contributed by atoms with Crippen LogP contribution in [-0.4, -0.2) is 32.2 Å². The second kappa shape index (κ2) is 12.2.